The van der Waals surface area contributed by atoms with Crippen LogP contribution in [0.3, 0.4) is 0 Å². The molecule has 3 rings (SSSR count). The fourth-order valence-electron chi connectivity index (χ4n) is 2.37. The predicted molar refractivity (Wildman–Crippen MR) is 90.9 cm³/mol. The van der Waals surface area contributed by atoms with Gasteiger partial charge in [0.05, 0.1) is 12.8 Å². The third-order valence-electron chi connectivity index (χ3n) is 3.59. The first-order chi connectivity index (χ1) is 12.2. The molecule has 7 nitrogen and oxygen atoms in total. The van der Waals surface area contributed by atoms with Crippen molar-refractivity contribution in [2.24, 2.45) is 0 Å². The number of carbonyl (C=O) groups excluding carboxylic acids is 2. The minimum absolute atomic E-state index is 0.0172. The molecule has 0 fully saturated rings. The van der Waals surface area contributed by atoms with Crippen LogP contribution in [0, 0.1) is 0 Å². The molecule has 0 bridgehead atoms. The van der Waals surface area contributed by atoms with Crippen molar-refractivity contribution in [2.45, 2.75) is 6.54 Å². The van der Waals surface area contributed by atoms with E-state index in [1.807, 2.05) is 12.1 Å². The molecular weight excluding hydrogens is 324 g/mol. The first kappa shape index (κ1) is 16.6. The number of benzene rings is 2. The Morgan fingerprint density at radius 1 is 1.24 bits per heavy atom. The van der Waals surface area contributed by atoms with Gasteiger partial charge in [0.1, 0.15) is 5.75 Å². The number of anilines is 1. The lowest BCUT2D eigenvalue weighted by atomic mass is 10.1. The number of para-hydroxylation sites is 2. The van der Waals surface area contributed by atoms with Gasteiger partial charge < -0.3 is 24.8 Å². The maximum absolute atomic E-state index is 12.0. The van der Waals surface area contributed by atoms with Crippen LogP contribution >= 0.6 is 0 Å². The lowest BCUT2D eigenvalue weighted by molar-refractivity contribution is -0.123. The second-order valence-corrected chi connectivity index (χ2v) is 5.38. The van der Waals surface area contributed by atoms with E-state index in [0.29, 0.717) is 29.5 Å². The summed E-state index contributed by atoms with van der Waals surface area (Å²) in [6.45, 7) is 0.214. The molecule has 7 heteroatoms. The van der Waals surface area contributed by atoms with Crippen LogP contribution < -0.4 is 24.8 Å². The second kappa shape index (κ2) is 7.57. The van der Waals surface area contributed by atoms with E-state index >= 15 is 0 Å². The molecule has 0 unspecified atom stereocenters. The lowest BCUT2D eigenvalue weighted by Gasteiger charge is -2.18. The summed E-state index contributed by atoms with van der Waals surface area (Å²) in [6.07, 6.45) is 0. The van der Waals surface area contributed by atoms with Crippen LogP contribution in [0.4, 0.5) is 5.69 Å². The average molecular weight is 342 g/mol. The summed E-state index contributed by atoms with van der Waals surface area (Å²) in [5.74, 6) is 1.24. The molecule has 0 saturated heterocycles. The minimum atomic E-state index is -0.260. The van der Waals surface area contributed by atoms with E-state index in [2.05, 4.69) is 10.6 Å². The largest absolute Gasteiger partial charge is 0.493 e. The Bertz CT molecular complexity index is 791. The molecular formula is C18H18N2O5. The molecule has 0 aliphatic carbocycles. The van der Waals surface area contributed by atoms with Gasteiger partial charge in [0, 0.05) is 6.54 Å². The fourth-order valence-corrected chi connectivity index (χ4v) is 2.37. The first-order valence-corrected chi connectivity index (χ1v) is 7.74. The van der Waals surface area contributed by atoms with Crippen LogP contribution in [0.15, 0.2) is 42.5 Å². The van der Waals surface area contributed by atoms with Crippen LogP contribution in [-0.4, -0.2) is 32.1 Å². The van der Waals surface area contributed by atoms with Crippen LogP contribution in [0.25, 0.3) is 0 Å². The standard InChI is InChI=1S/C18H18N2O5/c1-23-15-4-2-3-5-16(15)25-10-17(21)19-9-12-6-7-14-13(8-12)20-18(22)11-24-14/h2-8H,9-11H2,1H3,(H,19,21)(H,20,22). The SMILES string of the molecule is COc1ccccc1OCC(=O)NCc1ccc2c(c1)NC(=O)CO2. The highest BCUT2D eigenvalue weighted by Gasteiger charge is 2.16. The smallest absolute Gasteiger partial charge is 0.262 e. The molecule has 2 amide bonds. The molecule has 130 valence electrons. The fraction of sp³-hybridized carbons (Fsp3) is 0.222. The first-order valence-electron chi connectivity index (χ1n) is 7.74. The summed E-state index contributed by atoms with van der Waals surface area (Å²) in [6, 6.07) is 12.5. The van der Waals surface area contributed by atoms with Gasteiger partial charge in [-0.25, -0.2) is 0 Å². The minimum Gasteiger partial charge on any atom is -0.493 e. The van der Waals surface area contributed by atoms with E-state index in [1.54, 1.807) is 37.4 Å². The zero-order valence-electron chi connectivity index (χ0n) is 13.7. The van der Waals surface area contributed by atoms with Gasteiger partial charge >= 0.3 is 0 Å². The van der Waals surface area contributed by atoms with Crippen molar-refractivity contribution in [3.8, 4) is 17.2 Å². The van der Waals surface area contributed by atoms with Crippen LogP contribution in [-0.2, 0) is 16.1 Å². The van der Waals surface area contributed by atoms with Gasteiger partial charge in [-0.2, -0.15) is 0 Å². The molecule has 0 spiro atoms. The molecule has 2 N–H and O–H groups in total. The van der Waals surface area contributed by atoms with Gasteiger partial charge in [0.15, 0.2) is 24.7 Å². The van der Waals surface area contributed by atoms with Crippen molar-refractivity contribution < 1.29 is 23.8 Å². The van der Waals surface area contributed by atoms with E-state index in [0.717, 1.165) is 5.56 Å². The Morgan fingerprint density at radius 3 is 2.84 bits per heavy atom. The Hall–Kier alpha value is -3.22. The van der Waals surface area contributed by atoms with Gasteiger partial charge in [0.2, 0.25) is 0 Å². The number of methoxy groups -OCH3 is 1. The van der Waals surface area contributed by atoms with Crippen LogP contribution in [0.1, 0.15) is 5.56 Å². The molecule has 0 aromatic heterocycles. The number of ether oxygens (including phenoxy) is 3. The monoisotopic (exact) mass is 342 g/mol. The maximum Gasteiger partial charge on any atom is 0.262 e. The van der Waals surface area contributed by atoms with Gasteiger partial charge in [-0.15, -0.1) is 0 Å². The van der Waals surface area contributed by atoms with Crippen molar-refractivity contribution in [1.82, 2.24) is 5.32 Å². The maximum atomic E-state index is 12.0. The Morgan fingerprint density at radius 2 is 2.04 bits per heavy atom. The molecule has 0 radical (unpaired) electrons. The molecule has 2 aromatic carbocycles. The zero-order chi connectivity index (χ0) is 17.6. The molecule has 1 aliphatic rings. The number of rotatable bonds is 6. The number of carbonyl (C=O) groups is 2. The van der Waals surface area contributed by atoms with Crippen molar-refractivity contribution in [3.05, 3.63) is 48.0 Å². The van der Waals surface area contributed by atoms with Crippen molar-refractivity contribution in [3.63, 3.8) is 0 Å². The Kier molecular flexibility index (Phi) is 5.03. The van der Waals surface area contributed by atoms with Crippen molar-refractivity contribution in [1.29, 1.82) is 0 Å². The van der Waals surface area contributed by atoms with E-state index < -0.39 is 0 Å². The van der Waals surface area contributed by atoms with Crippen molar-refractivity contribution in [2.75, 3.05) is 25.6 Å². The molecule has 0 saturated carbocycles. The van der Waals surface area contributed by atoms with Gasteiger partial charge in [0.25, 0.3) is 11.8 Å². The second-order valence-electron chi connectivity index (χ2n) is 5.38. The average Bonchev–Trinajstić information content (AvgIpc) is 2.64. The highest BCUT2D eigenvalue weighted by molar-refractivity contribution is 5.95. The number of nitrogens with one attached hydrogen (secondary N) is 2. The molecule has 1 aliphatic heterocycles. The van der Waals surface area contributed by atoms with Gasteiger partial charge in [-0.1, -0.05) is 18.2 Å². The number of amides is 2. The molecule has 2 aromatic rings. The third kappa shape index (κ3) is 4.20. The van der Waals surface area contributed by atoms with Gasteiger partial charge in [-0.3, -0.25) is 9.59 Å². The summed E-state index contributed by atoms with van der Waals surface area (Å²) < 4.78 is 15.9. The van der Waals surface area contributed by atoms with E-state index in [9.17, 15) is 9.59 Å². The molecule has 0 atom stereocenters. The molecule has 25 heavy (non-hydrogen) atoms. The van der Waals surface area contributed by atoms with E-state index in [4.69, 9.17) is 14.2 Å². The van der Waals surface area contributed by atoms with Crippen LogP contribution in [0.2, 0.25) is 0 Å². The summed E-state index contributed by atoms with van der Waals surface area (Å²) in [5.41, 5.74) is 1.45. The predicted octanol–water partition coefficient (Wildman–Crippen LogP) is 1.72. The third-order valence-corrected chi connectivity index (χ3v) is 3.59. The van der Waals surface area contributed by atoms with Gasteiger partial charge in [-0.05, 0) is 29.8 Å². The number of hydrogen-bond donors (Lipinski definition) is 2. The van der Waals surface area contributed by atoms with Crippen LogP contribution in [0.5, 0.6) is 17.2 Å². The zero-order valence-corrected chi connectivity index (χ0v) is 13.7. The quantitative estimate of drug-likeness (QED) is 0.835. The van der Waals surface area contributed by atoms with E-state index in [-0.39, 0.29) is 25.0 Å². The van der Waals surface area contributed by atoms with E-state index in [1.165, 1.54) is 0 Å². The van der Waals surface area contributed by atoms with Crippen molar-refractivity contribution >= 4 is 17.5 Å². The Labute approximate surface area is 144 Å². The summed E-state index contributed by atoms with van der Waals surface area (Å²) in [5, 5.41) is 5.50. The highest BCUT2D eigenvalue weighted by atomic mass is 16.5. The number of hydrogen-bond acceptors (Lipinski definition) is 5. The summed E-state index contributed by atoms with van der Waals surface area (Å²) >= 11 is 0. The summed E-state index contributed by atoms with van der Waals surface area (Å²) in [4.78, 5) is 23.3. The normalized spacial score (nSPS) is 12.4. The summed E-state index contributed by atoms with van der Waals surface area (Å²) in [7, 11) is 1.54. The molecule has 1 heterocycles. The highest BCUT2D eigenvalue weighted by Crippen LogP contribution is 2.28. The Balaban J connectivity index is 1.52. The lowest BCUT2D eigenvalue weighted by Crippen LogP contribution is -2.29. The topological polar surface area (TPSA) is 85.9 Å². The number of fused-ring (bicyclic) bond motifs is 1.